The number of methoxy groups -OCH3 is 1. The van der Waals surface area contributed by atoms with Gasteiger partial charge in [-0.3, -0.25) is 14.5 Å². The molecule has 5 rings (SSSR count). The molecule has 10 heteroatoms. The van der Waals surface area contributed by atoms with E-state index in [1.54, 1.807) is 60.5 Å². The molecular weight excluding hydrogens is 502 g/mol. The summed E-state index contributed by atoms with van der Waals surface area (Å²) in [6.07, 6.45) is 0.0324. The topological polar surface area (TPSA) is 89.5 Å². The average Bonchev–Trinajstić information content (AvgIpc) is 3.35. The molecule has 3 aromatic carbocycles. The number of benzene rings is 3. The van der Waals surface area contributed by atoms with Gasteiger partial charge in [0.2, 0.25) is 18.6 Å². The van der Waals surface area contributed by atoms with Gasteiger partial charge in [0.05, 0.1) is 19.3 Å². The second kappa shape index (κ2) is 10.5. The van der Waals surface area contributed by atoms with Gasteiger partial charge in [-0.15, -0.1) is 0 Å². The van der Waals surface area contributed by atoms with E-state index in [0.717, 1.165) is 5.56 Å². The number of amides is 2. The molecule has 184 valence electrons. The van der Waals surface area contributed by atoms with Crippen molar-refractivity contribution in [2.24, 2.45) is 4.99 Å². The van der Waals surface area contributed by atoms with Crippen LogP contribution in [0.25, 0.3) is 0 Å². The highest BCUT2D eigenvalue weighted by Crippen LogP contribution is 2.35. The van der Waals surface area contributed by atoms with E-state index >= 15 is 0 Å². The predicted molar refractivity (Wildman–Crippen MR) is 139 cm³/mol. The van der Waals surface area contributed by atoms with Crippen LogP contribution in [0.3, 0.4) is 0 Å². The van der Waals surface area contributed by atoms with E-state index in [-0.39, 0.29) is 31.6 Å². The summed E-state index contributed by atoms with van der Waals surface area (Å²) >= 11 is 7.27. The molecule has 1 unspecified atom stereocenters. The second-order valence-electron chi connectivity index (χ2n) is 8.07. The van der Waals surface area contributed by atoms with E-state index in [0.29, 0.717) is 38.8 Å². The van der Waals surface area contributed by atoms with Crippen LogP contribution in [-0.4, -0.2) is 41.0 Å². The lowest BCUT2D eigenvalue weighted by Gasteiger charge is -2.32. The minimum absolute atomic E-state index is 0.0324. The summed E-state index contributed by atoms with van der Waals surface area (Å²) in [7, 11) is 1.56. The zero-order valence-electron chi connectivity index (χ0n) is 19.3. The van der Waals surface area contributed by atoms with Crippen LogP contribution in [0.4, 0.5) is 11.4 Å². The van der Waals surface area contributed by atoms with Gasteiger partial charge in [-0.25, -0.2) is 4.99 Å². The monoisotopic (exact) mass is 523 g/mol. The van der Waals surface area contributed by atoms with Crippen LogP contribution in [0.1, 0.15) is 12.0 Å². The van der Waals surface area contributed by atoms with E-state index < -0.39 is 5.25 Å². The molecule has 0 bridgehead atoms. The second-order valence-corrected chi connectivity index (χ2v) is 9.68. The number of hydrogen-bond donors (Lipinski definition) is 1. The number of anilines is 1. The standard InChI is InChI=1S/C26H22ClN3O5S/c1-33-20-4-2-3-19(12-20)28-25(32)23-13-24(31)30(14-16-5-10-21-22(11-16)35-15-34-21)26(36-23)29-18-8-6-17(27)7-9-18/h2-12,23H,13-15H2,1H3,(H,28,32). The number of amidine groups is 1. The Hall–Kier alpha value is -3.69. The molecule has 1 atom stereocenters. The molecule has 2 heterocycles. The molecular formula is C26H22ClN3O5S. The van der Waals surface area contributed by atoms with E-state index in [9.17, 15) is 9.59 Å². The maximum Gasteiger partial charge on any atom is 0.238 e. The Morgan fingerprint density at radius 1 is 1.14 bits per heavy atom. The van der Waals surface area contributed by atoms with Crippen molar-refractivity contribution in [2.45, 2.75) is 18.2 Å². The number of carbonyl (C=O) groups excluding carboxylic acids is 2. The van der Waals surface area contributed by atoms with Gasteiger partial charge in [0.1, 0.15) is 11.0 Å². The first kappa shape index (κ1) is 24.0. The lowest BCUT2D eigenvalue weighted by Crippen LogP contribution is -2.44. The Morgan fingerprint density at radius 3 is 2.75 bits per heavy atom. The highest BCUT2D eigenvalue weighted by Gasteiger charge is 2.36. The first-order valence-corrected chi connectivity index (χ1v) is 12.4. The number of hydrogen-bond acceptors (Lipinski definition) is 7. The molecule has 1 N–H and O–H groups in total. The number of ether oxygens (including phenoxy) is 3. The molecule has 36 heavy (non-hydrogen) atoms. The van der Waals surface area contributed by atoms with Crippen molar-refractivity contribution in [2.75, 3.05) is 19.2 Å². The maximum atomic E-state index is 13.3. The Bertz CT molecular complexity index is 1330. The van der Waals surface area contributed by atoms with Gasteiger partial charge in [0.15, 0.2) is 16.7 Å². The van der Waals surface area contributed by atoms with Gasteiger partial charge in [-0.05, 0) is 54.1 Å². The number of carbonyl (C=O) groups is 2. The lowest BCUT2D eigenvalue weighted by atomic mass is 10.1. The molecule has 0 aliphatic carbocycles. The van der Waals surface area contributed by atoms with E-state index in [1.165, 1.54) is 11.8 Å². The molecule has 1 saturated heterocycles. The van der Waals surface area contributed by atoms with Crippen LogP contribution in [-0.2, 0) is 16.1 Å². The van der Waals surface area contributed by atoms with Crippen molar-refractivity contribution in [1.29, 1.82) is 0 Å². The molecule has 0 saturated carbocycles. The van der Waals surface area contributed by atoms with Gasteiger partial charge in [0.25, 0.3) is 0 Å². The summed E-state index contributed by atoms with van der Waals surface area (Å²) in [5, 5.41) is 3.24. The molecule has 3 aromatic rings. The Labute approximate surface area is 217 Å². The first-order chi connectivity index (χ1) is 17.5. The Kier molecular flexibility index (Phi) is 7.02. The SMILES string of the molecule is COc1cccc(NC(=O)C2CC(=O)N(Cc3ccc4c(c3)OCO4)C(=Nc3ccc(Cl)cc3)S2)c1. The van der Waals surface area contributed by atoms with Gasteiger partial charge < -0.3 is 19.5 Å². The third-order valence-electron chi connectivity index (χ3n) is 5.60. The fourth-order valence-electron chi connectivity index (χ4n) is 3.77. The molecule has 2 amide bonds. The molecule has 0 radical (unpaired) electrons. The smallest absolute Gasteiger partial charge is 0.238 e. The van der Waals surface area contributed by atoms with E-state index in [1.807, 2.05) is 18.2 Å². The third-order valence-corrected chi connectivity index (χ3v) is 7.04. The highest BCUT2D eigenvalue weighted by atomic mass is 35.5. The van der Waals surface area contributed by atoms with E-state index in [4.69, 9.17) is 30.8 Å². The van der Waals surface area contributed by atoms with Gasteiger partial charge in [-0.1, -0.05) is 35.5 Å². The number of thioether (sulfide) groups is 1. The number of halogens is 1. The Morgan fingerprint density at radius 2 is 1.94 bits per heavy atom. The highest BCUT2D eigenvalue weighted by molar-refractivity contribution is 8.15. The van der Waals surface area contributed by atoms with Crippen molar-refractivity contribution in [1.82, 2.24) is 4.90 Å². The zero-order chi connectivity index (χ0) is 25.1. The number of rotatable bonds is 6. The number of fused-ring (bicyclic) bond motifs is 1. The first-order valence-electron chi connectivity index (χ1n) is 11.1. The minimum Gasteiger partial charge on any atom is -0.497 e. The minimum atomic E-state index is -0.650. The number of aliphatic imine (C=N–C) groups is 1. The molecule has 2 aliphatic rings. The van der Waals surface area contributed by atoms with Crippen LogP contribution < -0.4 is 19.5 Å². The van der Waals surface area contributed by atoms with Gasteiger partial charge in [-0.2, -0.15) is 0 Å². The Balaban J connectivity index is 1.40. The quantitative estimate of drug-likeness (QED) is 0.475. The summed E-state index contributed by atoms with van der Waals surface area (Å²) in [5.41, 5.74) is 2.07. The van der Waals surface area contributed by atoms with Crippen LogP contribution in [0.5, 0.6) is 17.2 Å². The van der Waals surface area contributed by atoms with Crippen molar-refractivity contribution < 1.29 is 23.8 Å². The summed E-state index contributed by atoms with van der Waals surface area (Å²) < 4.78 is 16.1. The molecule has 0 spiro atoms. The maximum absolute atomic E-state index is 13.3. The molecule has 8 nitrogen and oxygen atoms in total. The lowest BCUT2D eigenvalue weighted by molar-refractivity contribution is -0.129. The molecule has 2 aliphatic heterocycles. The fraction of sp³-hybridized carbons (Fsp3) is 0.192. The molecule has 0 aromatic heterocycles. The normalized spacial score (nSPS) is 17.8. The van der Waals surface area contributed by atoms with Crippen LogP contribution in [0.2, 0.25) is 5.02 Å². The predicted octanol–water partition coefficient (Wildman–Crippen LogP) is 5.24. The average molecular weight is 524 g/mol. The summed E-state index contributed by atoms with van der Waals surface area (Å²) in [4.78, 5) is 32.7. The molecule has 1 fully saturated rings. The largest absolute Gasteiger partial charge is 0.497 e. The van der Waals surface area contributed by atoms with Crippen molar-refractivity contribution in [3.8, 4) is 17.2 Å². The van der Waals surface area contributed by atoms with Crippen molar-refractivity contribution >= 4 is 51.7 Å². The number of nitrogens with zero attached hydrogens (tertiary/aromatic N) is 2. The van der Waals surface area contributed by atoms with Crippen LogP contribution in [0.15, 0.2) is 71.7 Å². The van der Waals surface area contributed by atoms with Gasteiger partial charge in [0, 0.05) is 23.2 Å². The summed E-state index contributed by atoms with van der Waals surface area (Å²) in [6, 6.07) is 19.6. The third kappa shape index (κ3) is 5.42. The number of nitrogens with one attached hydrogen (secondary N) is 1. The van der Waals surface area contributed by atoms with Crippen molar-refractivity contribution in [3.05, 3.63) is 77.3 Å². The fourth-order valence-corrected chi connectivity index (χ4v) is 4.99. The van der Waals surface area contributed by atoms with Crippen LogP contribution >= 0.6 is 23.4 Å². The van der Waals surface area contributed by atoms with Gasteiger partial charge >= 0.3 is 0 Å². The zero-order valence-corrected chi connectivity index (χ0v) is 20.8. The summed E-state index contributed by atoms with van der Waals surface area (Å²) in [5.74, 6) is 1.44. The van der Waals surface area contributed by atoms with Crippen molar-refractivity contribution in [3.63, 3.8) is 0 Å². The van der Waals surface area contributed by atoms with Crippen LogP contribution in [0, 0.1) is 0 Å². The van der Waals surface area contributed by atoms with E-state index in [2.05, 4.69) is 5.32 Å². The summed E-state index contributed by atoms with van der Waals surface area (Å²) in [6.45, 7) is 0.448.